The van der Waals surface area contributed by atoms with Crippen LogP contribution in [0.25, 0.3) is 0 Å². The molecule has 1 unspecified atom stereocenters. The normalized spacial score (nSPS) is 13.2. The quantitative estimate of drug-likeness (QED) is 0.398. The molecule has 0 heterocycles. The van der Waals surface area contributed by atoms with Gasteiger partial charge < -0.3 is 4.74 Å². The molecule has 0 saturated heterocycles. The number of alkyl halides is 3. The molecule has 6 heteroatoms. The number of rotatable bonds is 11. The molecular formula is C14H25F3O2S. The minimum Gasteiger partial charge on any atom is -0.465 e. The predicted molar refractivity (Wildman–Crippen MR) is 76.9 cm³/mol. The highest BCUT2D eigenvalue weighted by Crippen LogP contribution is 2.24. The van der Waals surface area contributed by atoms with Gasteiger partial charge in [0.05, 0.1) is 6.61 Å². The molecule has 20 heavy (non-hydrogen) atoms. The second kappa shape index (κ2) is 11.3. The zero-order valence-electron chi connectivity index (χ0n) is 12.3. The highest BCUT2D eigenvalue weighted by molar-refractivity contribution is 8.00. The van der Waals surface area contributed by atoms with E-state index in [2.05, 4.69) is 0 Å². The van der Waals surface area contributed by atoms with Gasteiger partial charge >= 0.3 is 12.1 Å². The van der Waals surface area contributed by atoms with Crippen molar-refractivity contribution >= 4 is 17.7 Å². The zero-order chi connectivity index (χ0) is 15.4. The van der Waals surface area contributed by atoms with Crippen LogP contribution in [0.4, 0.5) is 13.2 Å². The number of esters is 1. The predicted octanol–water partition coefficient (Wildman–Crippen LogP) is 4.96. The summed E-state index contributed by atoms with van der Waals surface area (Å²) in [5.41, 5.74) is 0. The molecule has 0 rings (SSSR count). The summed E-state index contributed by atoms with van der Waals surface area (Å²) >= 11 is 1.56. The van der Waals surface area contributed by atoms with E-state index in [4.69, 9.17) is 4.74 Å². The molecule has 0 aliphatic heterocycles. The second-order valence-corrected chi connectivity index (χ2v) is 5.99. The summed E-state index contributed by atoms with van der Waals surface area (Å²) in [7, 11) is 0. The van der Waals surface area contributed by atoms with Gasteiger partial charge in [-0.3, -0.25) is 4.79 Å². The molecule has 2 nitrogen and oxygen atoms in total. The lowest BCUT2D eigenvalue weighted by molar-refractivity contribution is -0.142. The lowest BCUT2D eigenvalue weighted by atomic mass is 10.1. The maximum Gasteiger partial charge on any atom is 0.389 e. The Labute approximate surface area is 123 Å². The molecule has 120 valence electrons. The third kappa shape index (κ3) is 11.4. The molecule has 0 fully saturated rings. The summed E-state index contributed by atoms with van der Waals surface area (Å²) < 4.78 is 40.8. The summed E-state index contributed by atoms with van der Waals surface area (Å²) in [6.07, 6.45) is -0.596. The van der Waals surface area contributed by atoms with E-state index < -0.39 is 12.6 Å². The lowest BCUT2D eigenvalue weighted by Crippen LogP contribution is -2.20. The summed E-state index contributed by atoms with van der Waals surface area (Å²) in [5.74, 6) is 0.631. The van der Waals surface area contributed by atoms with Crippen molar-refractivity contribution in [1.29, 1.82) is 0 Å². The average Bonchev–Trinajstić information content (AvgIpc) is 2.35. The van der Waals surface area contributed by atoms with E-state index in [1.165, 1.54) is 0 Å². The van der Waals surface area contributed by atoms with Crippen molar-refractivity contribution in [2.45, 2.75) is 70.2 Å². The lowest BCUT2D eigenvalue weighted by Gasteiger charge is -2.14. The van der Waals surface area contributed by atoms with Gasteiger partial charge in [-0.1, -0.05) is 26.2 Å². The molecule has 1 atom stereocenters. The third-order valence-corrected chi connectivity index (χ3v) is 4.13. The first-order valence-corrected chi connectivity index (χ1v) is 8.30. The topological polar surface area (TPSA) is 26.3 Å². The minimum absolute atomic E-state index is 0.130. The van der Waals surface area contributed by atoms with Gasteiger partial charge in [0.1, 0.15) is 5.25 Å². The highest BCUT2D eigenvalue weighted by Gasteiger charge is 2.25. The van der Waals surface area contributed by atoms with Crippen molar-refractivity contribution in [2.24, 2.45) is 0 Å². The monoisotopic (exact) mass is 314 g/mol. The van der Waals surface area contributed by atoms with Gasteiger partial charge in [-0.05, 0) is 31.9 Å². The van der Waals surface area contributed by atoms with Crippen LogP contribution in [-0.2, 0) is 9.53 Å². The molecule has 0 aromatic heterocycles. The zero-order valence-corrected chi connectivity index (χ0v) is 13.1. The smallest absolute Gasteiger partial charge is 0.389 e. The largest absolute Gasteiger partial charge is 0.465 e. The molecule has 0 amide bonds. The van der Waals surface area contributed by atoms with Crippen molar-refractivity contribution in [3.63, 3.8) is 0 Å². The van der Waals surface area contributed by atoms with Gasteiger partial charge in [0, 0.05) is 6.42 Å². The van der Waals surface area contributed by atoms with Gasteiger partial charge in [0.2, 0.25) is 0 Å². The summed E-state index contributed by atoms with van der Waals surface area (Å²) in [4.78, 5) is 11.6. The van der Waals surface area contributed by atoms with E-state index in [0.717, 1.165) is 31.4 Å². The number of carbonyl (C=O) groups is 1. The number of unbranched alkanes of at least 4 members (excludes halogenated alkanes) is 3. The Kier molecular flexibility index (Phi) is 11.1. The van der Waals surface area contributed by atoms with Crippen molar-refractivity contribution < 1.29 is 22.7 Å². The number of hydrogen-bond acceptors (Lipinski definition) is 3. The first-order valence-electron chi connectivity index (χ1n) is 7.25. The van der Waals surface area contributed by atoms with Crippen LogP contribution in [0.1, 0.15) is 58.8 Å². The number of hydrogen-bond donors (Lipinski definition) is 0. The Morgan fingerprint density at radius 3 is 2.35 bits per heavy atom. The second-order valence-electron chi connectivity index (χ2n) is 4.68. The maximum absolute atomic E-state index is 11.9. The van der Waals surface area contributed by atoms with Crippen molar-refractivity contribution in [2.75, 3.05) is 12.4 Å². The van der Waals surface area contributed by atoms with Crippen LogP contribution in [-0.4, -0.2) is 29.8 Å². The maximum atomic E-state index is 11.9. The fourth-order valence-electron chi connectivity index (χ4n) is 1.77. The number of carbonyl (C=O) groups excluding carboxylic acids is 1. The molecule has 0 N–H and O–H groups in total. The Balaban J connectivity index is 3.66. The molecule has 0 aromatic rings. The molecule has 0 spiro atoms. The van der Waals surface area contributed by atoms with Crippen LogP contribution >= 0.6 is 11.8 Å². The molecule has 0 radical (unpaired) electrons. The molecule has 0 aliphatic rings. The summed E-state index contributed by atoms with van der Waals surface area (Å²) in [6.45, 7) is 4.19. The highest BCUT2D eigenvalue weighted by atomic mass is 32.2. The van der Waals surface area contributed by atoms with Crippen LogP contribution < -0.4 is 0 Å². The van der Waals surface area contributed by atoms with E-state index in [1.807, 2.05) is 6.92 Å². The SMILES string of the molecule is CCCC(SCCCCCCC(F)(F)F)C(=O)OCC. The van der Waals surface area contributed by atoms with E-state index >= 15 is 0 Å². The van der Waals surface area contributed by atoms with E-state index in [9.17, 15) is 18.0 Å². The molecular weight excluding hydrogens is 289 g/mol. The number of ether oxygens (including phenoxy) is 1. The van der Waals surface area contributed by atoms with Crippen molar-refractivity contribution in [3.05, 3.63) is 0 Å². The first kappa shape index (κ1) is 19.6. The van der Waals surface area contributed by atoms with Gasteiger partial charge in [0.15, 0.2) is 0 Å². The first-order chi connectivity index (χ1) is 9.40. The molecule has 0 aliphatic carbocycles. The number of halogens is 3. The van der Waals surface area contributed by atoms with Crippen molar-refractivity contribution in [3.8, 4) is 0 Å². The average molecular weight is 314 g/mol. The van der Waals surface area contributed by atoms with Gasteiger partial charge in [-0.2, -0.15) is 13.2 Å². The van der Waals surface area contributed by atoms with Gasteiger partial charge in [-0.15, -0.1) is 11.8 Å². The van der Waals surface area contributed by atoms with Gasteiger partial charge in [0.25, 0.3) is 0 Å². The standard InChI is InChI=1S/C14H25F3O2S/c1-3-9-12(13(18)19-4-2)20-11-8-6-5-7-10-14(15,16)17/h12H,3-11H2,1-2H3. The summed E-state index contributed by atoms with van der Waals surface area (Å²) in [5, 5.41) is -0.130. The Morgan fingerprint density at radius 1 is 1.15 bits per heavy atom. The summed E-state index contributed by atoms with van der Waals surface area (Å²) in [6, 6.07) is 0. The van der Waals surface area contributed by atoms with E-state index in [0.29, 0.717) is 13.0 Å². The Hall–Kier alpha value is -0.390. The van der Waals surface area contributed by atoms with Crippen LogP contribution in [0.2, 0.25) is 0 Å². The van der Waals surface area contributed by atoms with E-state index in [1.54, 1.807) is 18.7 Å². The fraction of sp³-hybridized carbons (Fsp3) is 0.929. The van der Waals surface area contributed by atoms with Crippen LogP contribution in [0.3, 0.4) is 0 Å². The Bertz CT molecular complexity index is 257. The number of thioether (sulfide) groups is 1. The van der Waals surface area contributed by atoms with E-state index in [-0.39, 0.29) is 17.6 Å². The van der Waals surface area contributed by atoms with Crippen LogP contribution in [0.5, 0.6) is 0 Å². The fourth-order valence-corrected chi connectivity index (χ4v) is 3.04. The van der Waals surface area contributed by atoms with Crippen LogP contribution in [0, 0.1) is 0 Å². The van der Waals surface area contributed by atoms with Crippen LogP contribution in [0.15, 0.2) is 0 Å². The Morgan fingerprint density at radius 2 is 1.80 bits per heavy atom. The third-order valence-electron chi connectivity index (χ3n) is 2.77. The molecule has 0 bridgehead atoms. The van der Waals surface area contributed by atoms with Gasteiger partial charge in [-0.25, -0.2) is 0 Å². The molecule has 0 aromatic carbocycles. The minimum atomic E-state index is -4.04. The van der Waals surface area contributed by atoms with Crippen molar-refractivity contribution in [1.82, 2.24) is 0 Å². The molecule has 0 saturated carbocycles.